The number of carbonyl (C=O) groups excluding carboxylic acids is 2. The molecule has 1 aliphatic heterocycles. The zero-order valence-corrected chi connectivity index (χ0v) is 22.4. The summed E-state index contributed by atoms with van der Waals surface area (Å²) in [5.74, 6) is 2.22. The maximum absolute atomic E-state index is 12.4. The Morgan fingerprint density at radius 2 is 1.31 bits per heavy atom. The summed E-state index contributed by atoms with van der Waals surface area (Å²) < 4.78 is 32.9. The second-order valence-corrected chi connectivity index (χ2v) is 9.31. The standard InChI is InChI=1S/C26H41NO8S/c1-3-5-20-36-24-21-25(28)27(26(24)29)10-11-31-14-15-33-17-19-35-23-8-6-22(7-9-23)34-18-16-32-13-12-30-4-2/h6-9,24H,3-5,10-21H2,1-2H3. The number of imide groups is 1. The largest absolute Gasteiger partial charge is 0.491 e. The van der Waals surface area contributed by atoms with Crippen molar-refractivity contribution in [3.8, 4) is 11.5 Å². The van der Waals surface area contributed by atoms with E-state index in [1.54, 1.807) is 11.8 Å². The van der Waals surface area contributed by atoms with E-state index in [2.05, 4.69) is 6.92 Å². The van der Waals surface area contributed by atoms with Crippen molar-refractivity contribution in [2.75, 3.05) is 78.4 Å². The summed E-state index contributed by atoms with van der Waals surface area (Å²) in [5, 5.41) is -0.230. The van der Waals surface area contributed by atoms with Crippen molar-refractivity contribution in [1.29, 1.82) is 0 Å². The van der Waals surface area contributed by atoms with Gasteiger partial charge in [0.05, 0.1) is 58.0 Å². The van der Waals surface area contributed by atoms with Gasteiger partial charge in [0.15, 0.2) is 0 Å². The van der Waals surface area contributed by atoms with E-state index < -0.39 is 0 Å². The van der Waals surface area contributed by atoms with E-state index in [1.165, 1.54) is 4.90 Å². The average molecular weight is 528 g/mol. The van der Waals surface area contributed by atoms with Crippen molar-refractivity contribution in [2.24, 2.45) is 0 Å². The molecule has 2 amide bonds. The van der Waals surface area contributed by atoms with Crippen LogP contribution in [0.1, 0.15) is 33.1 Å². The molecule has 10 heteroatoms. The molecule has 0 bridgehead atoms. The zero-order valence-electron chi connectivity index (χ0n) is 21.6. The van der Waals surface area contributed by atoms with Crippen LogP contribution in [0.2, 0.25) is 0 Å². The third-order valence-corrected chi connectivity index (χ3v) is 6.54. The van der Waals surface area contributed by atoms with Crippen LogP contribution in [0.25, 0.3) is 0 Å². The SMILES string of the molecule is CCCCSC1CC(=O)N(CCOCCOCCOc2ccc(OCCOCCOCC)cc2)C1=O. The number of unbranched alkanes of at least 4 members (excludes halogenated alkanes) is 1. The van der Waals surface area contributed by atoms with Crippen LogP contribution in [0.4, 0.5) is 0 Å². The molecule has 0 N–H and O–H groups in total. The maximum Gasteiger partial charge on any atom is 0.242 e. The first-order chi connectivity index (χ1) is 17.7. The van der Waals surface area contributed by atoms with E-state index in [1.807, 2.05) is 31.2 Å². The number of nitrogens with zero attached hydrogens (tertiary/aromatic N) is 1. The first kappa shape index (κ1) is 30.4. The Balaban J connectivity index is 1.44. The lowest BCUT2D eigenvalue weighted by molar-refractivity contribution is -0.139. The van der Waals surface area contributed by atoms with Crippen molar-refractivity contribution in [3.05, 3.63) is 24.3 Å². The number of carbonyl (C=O) groups is 2. The van der Waals surface area contributed by atoms with Gasteiger partial charge in [-0.15, -0.1) is 11.8 Å². The van der Waals surface area contributed by atoms with Crippen molar-refractivity contribution in [3.63, 3.8) is 0 Å². The fourth-order valence-electron chi connectivity index (χ4n) is 3.30. The van der Waals surface area contributed by atoms with E-state index >= 15 is 0 Å². The van der Waals surface area contributed by atoms with Crippen molar-refractivity contribution >= 4 is 23.6 Å². The van der Waals surface area contributed by atoms with Crippen LogP contribution >= 0.6 is 11.8 Å². The predicted molar refractivity (Wildman–Crippen MR) is 139 cm³/mol. The van der Waals surface area contributed by atoms with Crippen molar-refractivity contribution in [1.82, 2.24) is 4.90 Å². The summed E-state index contributed by atoms with van der Waals surface area (Å²) >= 11 is 1.59. The quantitative estimate of drug-likeness (QED) is 0.166. The van der Waals surface area contributed by atoms with Crippen LogP contribution in [0, 0.1) is 0 Å². The Kier molecular flexibility index (Phi) is 16.3. The number of likely N-dealkylation sites (tertiary alicyclic amines) is 1. The molecule has 1 aromatic carbocycles. The Labute approximate surface area is 219 Å². The summed E-state index contributed by atoms with van der Waals surface area (Å²) in [6.07, 6.45) is 2.45. The average Bonchev–Trinajstić information content (AvgIpc) is 3.15. The van der Waals surface area contributed by atoms with E-state index in [-0.39, 0.29) is 17.1 Å². The number of hydrogen-bond acceptors (Lipinski definition) is 9. The molecule has 1 saturated heterocycles. The van der Waals surface area contributed by atoms with E-state index in [4.69, 9.17) is 28.4 Å². The molecule has 1 aromatic rings. The first-order valence-corrected chi connectivity index (χ1v) is 13.8. The molecule has 1 heterocycles. The number of amides is 2. The summed E-state index contributed by atoms with van der Waals surface area (Å²) in [6.45, 7) is 9.20. The second-order valence-electron chi connectivity index (χ2n) is 8.00. The van der Waals surface area contributed by atoms with Crippen LogP contribution < -0.4 is 9.47 Å². The van der Waals surface area contributed by atoms with Gasteiger partial charge in [-0.05, 0) is 43.4 Å². The number of hydrogen-bond donors (Lipinski definition) is 0. The van der Waals surface area contributed by atoms with E-state index in [0.717, 1.165) is 30.1 Å². The molecular formula is C26H41NO8S. The summed E-state index contributed by atoms with van der Waals surface area (Å²) in [4.78, 5) is 25.8. The normalized spacial score (nSPS) is 15.6. The highest BCUT2D eigenvalue weighted by molar-refractivity contribution is 8.00. The third kappa shape index (κ3) is 12.4. The fraction of sp³-hybridized carbons (Fsp3) is 0.692. The minimum absolute atomic E-state index is 0.0833. The highest BCUT2D eigenvalue weighted by Crippen LogP contribution is 2.25. The van der Waals surface area contributed by atoms with Gasteiger partial charge < -0.3 is 28.4 Å². The smallest absolute Gasteiger partial charge is 0.242 e. The molecule has 0 spiro atoms. The van der Waals surface area contributed by atoms with Crippen LogP contribution in [-0.2, 0) is 28.5 Å². The minimum Gasteiger partial charge on any atom is -0.491 e. The lowest BCUT2D eigenvalue weighted by Gasteiger charge is -2.15. The number of benzene rings is 1. The molecule has 0 radical (unpaired) electrons. The van der Waals surface area contributed by atoms with Gasteiger partial charge in [-0.25, -0.2) is 0 Å². The van der Waals surface area contributed by atoms with Gasteiger partial charge in [-0.1, -0.05) is 13.3 Å². The summed E-state index contributed by atoms with van der Waals surface area (Å²) in [7, 11) is 0. The van der Waals surface area contributed by atoms with Gasteiger partial charge in [-0.3, -0.25) is 14.5 Å². The number of thioether (sulfide) groups is 1. The molecule has 9 nitrogen and oxygen atoms in total. The predicted octanol–water partition coefficient (Wildman–Crippen LogP) is 3.19. The van der Waals surface area contributed by atoms with Gasteiger partial charge in [0, 0.05) is 13.0 Å². The molecule has 0 saturated carbocycles. The minimum atomic E-state index is -0.230. The first-order valence-electron chi connectivity index (χ1n) is 12.8. The fourth-order valence-corrected chi connectivity index (χ4v) is 4.57. The van der Waals surface area contributed by atoms with Gasteiger partial charge >= 0.3 is 0 Å². The Hall–Kier alpha value is -1.85. The van der Waals surface area contributed by atoms with Crippen molar-refractivity contribution < 1.29 is 38.0 Å². The van der Waals surface area contributed by atoms with Gasteiger partial charge in [-0.2, -0.15) is 0 Å². The molecular weight excluding hydrogens is 486 g/mol. The van der Waals surface area contributed by atoms with Crippen LogP contribution in [0.3, 0.4) is 0 Å². The maximum atomic E-state index is 12.4. The van der Waals surface area contributed by atoms with Gasteiger partial charge in [0.1, 0.15) is 24.7 Å². The Morgan fingerprint density at radius 3 is 1.86 bits per heavy atom. The Bertz CT molecular complexity index is 733. The zero-order chi connectivity index (χ0) is 25.8. The topological polar surface area (TPSA) is 92.8 Å². The van der Waals surface area contributed by atoms with E-state index in [9.17, 15) is 9.59 Å². The lowest BCUT2D eigenvalue weighted by Crippen LogP contribution is -2.34. The third-order valence-electron chi connectivity index (χ3n) is 5.24. The Morgan fingerprint density at radius 1 is 0.778 bits per heavy atom. The van der Waals surface area contributed by atoms with Gasteiger partial charge in [0.2, 0.25) is 11.8 Å². The van der Waals surface area contributed by atoms with Crippen LogP contribution in [0.5, 0.6) is 11.5 Å². The van der Waals surface area contributed by atoms with Crippen molar-refractivity contribution in [2.45, 2.75) is 38.4 Å². The molecule has 1 unspecified atom stereocenters. The molecule has 1 atom stereocenters. The molecule has 1 aliphatic rings. The molecule has 0 aliphatic carbocycles. The summed E-state index contributed by atoms with van der Waals surface area (Å²) in [5.41, 5.74) is 0. The molecule has 1 fully saturated rings. The van der Waals surface area contributed by atoms with Gasteiger partial charge in [0.25, 0.3) is 0 Å². The highest BCUT2D eigenvalue weighted by atomic mass is 32.2. The molecule has 36 heavy (non-hydrogen) atoms. The molecule has 0 aromatic heterocycles. The number of rotatable bonds is 22. The second kappa shape index (κ2) is 19.3. The highest BCUT2D eigenvalue weighted by Gasteiger charge is 2.38. The molecule has 204 valence electrons. The van der Waals surface area contributed by atoms with E-state index in [0.29, 0.717) is 79.0 Å². The van der Waals surface area contributed by atoms with Crippen LogP contribution in [-0.4, -0.2) is 100 Å². The van der Waals surface area contributed by atoms with Crippen LogP contribution in [0.15, 0.2) is 24.3 Å². The summed E-state index contributed by atoms with van der Waals surface area (Å²) in [6, 6.07) is 7.41. The monoisotopic (exact) mass is 527 g/mol. The lowest BCUT2D eigenvalue weighted by atomic mass is 10.3. The molecule has 2 rings (SSSR count). The number of ether oxygens (including phenoxy) is 6.